The molecule has 0 saturated heterocycles. The Morgan fingerprint density at radius 2 is 1.76 bits per heavy atom. The quantitative estimate of drug-likeness (QED) is 0.341. The second-order valence-corrected chi connectivity index (χ2v) is 8.24. The summed E-state index contributed by atoms with van der Waals surface area (Å²) in [5.74, 6) is -0.175. The highest BCUT2D eigenvalue weighted by Gasteiger charge is 2.14. The minimum atomic E-state index is -0.175. The van der Waals surface area contributed by atoms with Crippen molar-refractivity contribution >= 4 is 55.9 Å². The molecule has 0 aliphatic carbocycles. The lowest BCUT2D eigenvalue weighted by Crippen LogP contribution is -2.23. The number of halogens is 3. The molecule has 0 spiro atoms. The van der Waals surface area contributed by atoms with E-state index >= 15 is 0 Å². The number of benzene rings is 3. The molecule has 1 aromatic heterocycles. The second kappa shape index (κ2) is 8.54. The van der Waals surface area contributed by atoms with Gasteiger partial charge in [0.1, 0.15) is 0 Å². The number of hydrogen-bond acceptors (Lipinski definition) is 2. The van der Waals surface area contributed by atoms with Gasteiger partial charge in [0.25, 0.3) is 5.91 Å². The fourth-order valence-electron chi connectivity index (χ4n) is 3.09. The first-order chi connectivity index (χ1) is 14.0. The molecular weight excluding hydrogens is 471 g/mol. The highest BCUT2D eigenvalue weighted by atomic mass is 79.9. The minimum absolute atomic E-state index is 0.175. The third-order valence-electron chi connectivity index (χ3n) is 4.52. The van der Waals surface area contributed by atoms with Crippen molar-refractivity contribution in [2.45, 2.75) is 6.54 Å². The van der Waals surface area contributed by atoms with Crippen LogP contribution in [0, 0.1) is 0 Å². The van der Waals surface area contributed by atoms with E-state index in [1.165, 1.54) is 0 Å². The Balaban J connectivity index is 1.69. The molecule has 3 aromatic carbocycles. The molecule has 144 valence electrons. The standard InChI is InChI=1S/C23H15BrCl2N2O/c24-16-5-3-4-15(11-16)22-12-18(17-6-1-2-7-21(17)28-22)23(29)27-13-14-8-9-19(25)20(26)10-14/h1-12H,13H2,(H,27,29). The van der Waals surface area contributed by atoms with Gasteiger partial charge < -0.3 is 5.32 Å². The summed E-state index contributed by atoms with van der Waals surface area (Å²) in [5.41, 5.74) is 3.89. The number of amides is 1. The number of fused-ring (bicyclic) bond motifs is 1. The predicted molar refractivity (Wildman–Crippen MR) is 123 cm³/mol. The molecule has 1 N–H and O–H groups in total. The maximum absolute atomic E-state index is 13.0. The summed E-state index contributed by atoms with van der Waals surface area (Å²) in [5, 5.41) is 4.72. The van der Waals surface area contributed by atoms with E-state index in [0.717, 1.165) is 32.2 Å². The van der Waals surface area contributed by atoms with E-state index in [1.54, 1.807) is 12.1 Å². The molecule has 0 fully saturated rings. The number of carbonyl (C=O) groups excluding carboxylic acids is 1. The summed E-state index contributed by atoms with van der Waals surface area (Å²) in [6, 6.07) is 22.6. The van der Waals surface area contributed by atoms with Gasteiger partial charge in [-0.15, -0.1) is 0 Å². The van der Waals surface area contributed by atoms with Gasteiger partial charge in [-0.1, -0.05) is 75.5 Å². The molecule has 1 heterocycles. The van der Waals surface area contributed by atoms with Crippen LogP contribution in [-0.2, 0) is 6.54 Å². The lowest BCUT2D eigenvalue weighted by molar-refractivity contribution is 0.0952. The Labute approximate surface area is 186 Å². The third-order valence-corrected chi connectivity index (χ3v) is 5.75. The molecule has 0 saturated carbocycles. The first kappa shape index (κ1) is 19.9. The Bertz CT molecular complexity index is 1230. The van der Waals surface area contributed by atoms with E-state index in [0.29, 0.717) is 22.2 Å². The zero-order valence-corrected chi connectivity index (χ0v) is 18.2. The molecule has 0 radical (unpaired) electrons. The zero-order valence-electron chi connectivity index (χ0n) is 15.1. The summed E-state index contributed by atoms with van der Waals surface area (Å²) in [6.45, 7) is 0.346. The van der Waals surface area contributed by atoms with Crippen LogP contribution in [0.3, 0.4) is 0 Å². The largest absolute Gasteiger partial charge is 0.348 e. The third kappa shape index (κ3) is 4.45. The predicted octanol–water partition coefficient (Wildman–Crippen LogP) is 6.90. The van der Waals surface area contributed by atoms with E-state index in [4.69, 9.17) is 28.2 Å². The highest BCUT2D eigenvalue weighted by molar-refractivity contribution is 9.10. The fraction of sp³-hybridized carbons (Fsp3) is 0.0435. The summed E-state index contributed by atoms with van der Waals surface area (Å²) in [4.78, 5) is 17.8. The smallest absolute Gasteiger partial charge is 0.252 e. The number of carbonyl (C=O) groups is 1. The van der Waals surface area contributed by atoms with Crippen LogP contribution in [0.15, 0.2) is 77.3 Å². The molecule has 0 atom stereocenters. The van der Waals surface area contributed by atoms with Crippen LogP contribution in [0.2, 0.25) is 10.0 Å². The average Bonchev–Trinajstić information content (AvgIpc) is 2.73. The molecule has 0 unspecified atom stereocenters. The number of pyridine rings is 1. The second-order valence-electron chi connectivity index (χ2n) is 6.51. The number of nitrogens with one attached hydrogen (secondary N) is 1. The lowest BCUT2D eigenvalue weighted by atomic mass is 10.0. The van der Waals surface area contributed by atoms with Crippen molar-refractivity contribution < 1.29 is 4.79 Å². The normalized spacial score (nSPS) is 10.9. The SMILES string of the molecule is O=C(NCc1ccc(Cl)c(Cl)c1)c1cc(-c2cccc(Br)c2)nc2ccccc12. The molecule has 6 heteroatoms. The van der Waals surface area contributed by atoms with Crippen molar-refractivity contribution in [1.82, 2.24) is 10.3 Å². The van der Waals surface area contributed by atoms with E-state index in [-0.39, 0.29) is 5.91 Å². The molecule has 1 amide bonds. The van der Waals surface area contributed by atoms with Crippen LogP contribution >= 0.6 is 39.1 Å². The average molecular weight is 486 g/mol. The van der Waals surface area contributed by atoms with Crippen LogP contribution in [0.1, 0.15) is 15.9 Å². The van der Waals surface area contributed by atoms with Crippen molar-refractivity contribution in [2.75, 3.05) is 0 Å². The van der Waals surface area contributed by atoms with Crippen molar-refractivity contribution in [3.8, 4) is 11.3 Å². The van der Waals surface area contributed by atoms with Gasteiger partial charge in [0, 0.05) is 22.0 Å². The Kier molecular flexibility index (Phi) is 5.86. The summed E-state index contributed by atoms with van der Waals surface area (Å²) in [6.07, 6.45) is 0. The van der Waals surface area contributed by atoms with Gasteiger partial charge in [0.15, 0.2) is 0 Å². The molecule has 29 heavy (non-hydrogen) atoms. The Morgan fingerprint density at radius 3 is 2.55 bits per heavy atom. The molecule has 0 bridgehead atoms. The van der Waals surface area contributed by atoms with Gasteiger partial charge in [-0.05, 0) is 42.0 Å². The maximum Gasteiger partial charge on any atom is 0.252 e. The Morgan fingerprint density at radius 1 is 0.931 bits per heavy atom. The molecule has 0 aliphatic heterocycles. The van der Waals surface area contributed by atoms with E-state index in [1.807, 2.05) is 60.7 Å². The Hall–Kier alpha value is -2.40. The number of rotatable bonds is 4. The van der Waals surface area contributed by atoms with Crippen molar-refractivity contribution in [2.24, 2.45) is 0 Å². The number of nitrogens with zero attached hydrogens (tertiary/aromatic N) is 1. The monoisotopic (exact) mass is 484 g/mol. The van der Waals surface area contributed by atoms with E-state index in [2.05, 4.69) is 21.2 Å². The van der Waals surface area contributed by atoms with Crippen molar-refractivity contribution in [3.63, 3.8) is 0 Å². The van der Waals surface area contributed by atoms with Gasteiger partial charge in [-0.2, -0.15) is 0 Å². The van der Waals surface area contributed by atoms with Crippen LogP contribution in [0.5, 0.6) is 0 Å². The highest BCUT2D eigenvalue weighted by Crippen LogP contribution is 2.27. The van der Waals surface area contributed by atoms with Crippen molar-refractivity contribution in [3.05, 3.63) is 98.4 Å². The summed E-state index contributed by atoms with van der Waals surface area (Å²) >= 11 is 15.5. The number of para-hydroxylation sites is 1. The molecule has 3 nitrogen and oxygen atoms in total. The lowest BCUT2D eigenvalue weighted by Gasteiger charge is -2.11. The maximum atomic E-state index is 13.0. The topological polar surface area (TPSA) is 42.0 Å². The molecule has 4 rings (SSSR count). The van der Waals surface area contributed by atoms with Gasteiger partial charge in [-0.3, -0.25) is 4.79 Å². The van der Waals surface area contributed by atoms with Crippen LogP contribution in [0.25, 0.3) is 22.2 Å². The van der Waals surface area contributed by atoms with Gasteiger partial charge in [0.2, 0.25) is 0 Å². The van der Waals surface area contributed by atoms with E-state index in [9.17, 15) is 4.79 Å². The van der Waals surface area contributed by atoms with Crippen LogP contribution < -0.4 is 5.32 Å². The van der Waals surface area contributed by atoms with Gasteiger partial charge >= 0.3 is 0 Å². The number of hydrogen-bond donors (Lipinski definition) is 1. The van der Waals surface area contributed by atoms with Crippen LogP contribution in [0.4, 0.5) is 0 Å². The van der Waals surface area contributed by atoms with E-state index < -0.39 is 0 Å². The van der Waals surface area contributed by atoms with Crippen molar-refractivity contribution in [1.29, 1.82) is 0 Å². The summed E-state index contributed by atoms with van der Waals surface area (Å²) in [7, 11) is 0. The van der Waals surface area contributed by atoms with Gasteiger partial charge in [-0.25, -0.2) is 4.98 Å². The molecular formula is C23H15BrCl2N2O. The first-order valence-corrected chi connectivity index (χ1v) is 10.4. The minimum Gasteiger partial charge on any atom is -0.348 e. The molecule has 0 aliphatic rings. The fourth-order valence-corrected chi connectivity index (χ4v) is 3.81. The molecule has 4 aromatic rings. The number of aromatic nitrogens is 1. The first-order valence-electron chi connectivity index (χ1n) is 8.89. The zero-order chi connectivity index (χ0) is 20.4. The summed E-state index contributed by atoms with van der Waals surface area (Å²) < 4.78 is 0.954. The van der Waals surface area contributed by atoms with Crippen LogP contribution in [-0.4, -0.2) is 10.9 Å². The van der Waals surface area contributed by atoms with Gasteiger partial charge in [0.05, 0.1) is 26.8 Å².